The zero-order chi connectivity index (χ0) is 43.6. The molecule has 0 bridgehead atoms. The Morgan fingerprint density at radius 2 is 1.87 bits per heavy atom. The van der Waals surface area contributed by atoms with Gasteiger partial charge in [-0.15, -0.1) is 0 Å². The number of halogens is 3. The first-order chi connectivity index (χ1) is 28.0. The van der Waals surface area contributed by atoms with Crippen LogP contribution in [-0.4, -0.2) is 95.5 Å². The number of allylic oxidation sites excluding steroid dienone is 1. The van der Waals surface area contributed by atoms with Gasteiger partial charge in [0.15, 0.2) is 11.4 Å². The minimum atomic E-state index is -5.07. The molecule has 2 saturated carbocycles. The predicted molar refractivity (Wildman–Crippen MR) is 210 cm³/mol. The number of ether oxygens (including phenoxy) is 3. The van der Waals surface area contributed by atoms with E-state index in [9.17, 15) is 45.9 Å². The summed E-state index contributed by atoms with van der Waals surface area (Å²) < 4.78 is 89.2. The average molecular weight is 864 g/mol. The molecular formula is C41H52F3N5O10S. The van der Waals surface area contributed by atoms with Crippen molar-refractivity contribution in [1.29, 1.82) is 0 Å². The average Bonchev–Trinajstić information content (AvgIpc) is 4.05. The Labute approximate surface area is 346 Å². The van der Waals surface area contributed by atoms with Crippen molar-refractivity contribution < 1.29 is 60.1 Å². The Kier molecular flexibility index (Phi) is 11.1. The number of benzene rings is 1. The van der Waals surface area contributed by atoms with Gasteiger partial charge >= 0.3 is 12.3 Å². The fourth-order valence-electron chi connectivity index (χ4n) is 8.76. The number of hydrogen-bond donors (Lipinski definition) is 4. The highest BCUT2D eigenvalue weighted by Gasteiger charge is 2.65. The van der Waals surface area contributed by atoms with Crippen molar-refractivity contribution in [3.05, 3.63) is 41.6 Å². The van der Waals surface area contributed by atoms with Gasteiger partial charge in [0, 0.05) is 29.7 Å². The van der Waals surface area contributed by atoms with Crippen molar-refractivity contribution in [2.75, 3.05) is 20.3 Å². The van der Waals surface area contributed by atoms with Gasteiger partial charge in [-0.2, -0.15) is 13.2 Å². The van der Waals surface area contributed by atoms with Gasteiger partial charge in [0.05, 0.1) is 36.1 Å². The summed E-state index contributed by atoms with van der Waals surface area (Å²) in [5.41, 5.74) is -7.33. The Hall–Kier alpha value is -4.65. The lowest BCUT2D eigenvalue weighted by atomic mass is 9.77. The summed E-state index contributed by atoms with van der Waals surface area (Å²) in [6.45, 7) is 6.04. The molecule has 3 aliphatic heterocycles. The van der Waals surface area contributed by atoms with Crippen LogP contribution >= 0.6 is 0 Å². The molecule has 4 N–H and O–H groups in total. The number of fused-ring (bicyclic) bond motifs is 5. The monoisotopic (exact) mass is 863 g/mol. The Morgan fingerprint density at radius 1 is 1.13 bits per heavy atom. The Balaban J connectivity index is 1.30. The van der Waals surface area contributed by atoms with E-state index in [1.807, 2.05) is 19.9 Å². The lowest BCUT2D eigenvalue weighted by molar-refractivity contribution is -0.147. The first-order valence-corrected chi connectivity index (χ1v) is 21.8. The number of carbonyl (C=O) groups is 4. The number of aromatic nitrogens is 1. The number of alkyl halides is 3. The van der Waals surface area contributed by atoms with E-state index in [4.69, 9.17) is 14.2 Å². The number of pyridine rings is 1. The number of amides is 4. The lowest BCUT2D eigenvalue weighted by Gasteiger charge is -2.44. The third-order valence-electron chi connectivity index (χ3n) is 12.4. The molecule has 60 heavy (non-hydrogen) atoms. The van der Waals surface area contributed by atoms with E-state index in [2.05, 4.69) is 20.3 Å². The van der Waals surface area contributed by atoms with Crippen LogP contribution in [0.3, 0.4) is 0 Å². The van der Waals surface area contributed by atoms with Gasteiger partial charge in [-0.25, -0.2) is 18.2 Å². The van der Waals surface area contributed by atoms with Crippen LogP contribution in [0, 0.1) is 11.8 Å². The number of methoxy groups -OCH3 is 1. The van der Waals surface area contributed by atoms with Crippen molar-refractivity contribution in [1.82, 2.24) is 25.2 Å². The fourth-order valence-corrected chi connectivity index (χ4v) is 10.1. The Morgan fingerprint density at radius 3 is 2.53 bits per heavy atom. The van der Waals surface area contributed by atoms with Crippen molar-refractivity contribution in [2.45, 2.75) is 132 Å². The van der Waals surface area contributed by atoms with Crippen molar-refractivity contribution in [3.63, 3.8) is 0 Å². The third-order valence-corrected chi connectivity index (χ3v) is 14.6. The van der Waals surface area contributed by atoms with Crippen molar-refractivity contribution >= 4 is 44.7 Å². The molecule has 1 spiro atoms. The number of hydrogen-bond acceptors (Lipinski definition) is 11. The predicted octanol–water partition coefficient (Wildman–Crippen LogP) is 4.74. The lowest BCUT2D eigenvalue weighted by Crippen LogP contribution is -2.58. The normalized spacial score (nSPS) is 30.8. The summed E-state index contributed by atoms with van der Waals surface area (Å²) >= 11 is 0. The molecule has 1 saturated heterocycles. The van der Waals surface area contributed by atoms with E-state index in [0.717, 1.165) is 4.90 Å². The molecule has 7 rings (SSSR count). The topological polar surface area (TPSA) is 203 Å². The molecule has 5 aliphatic rings. The number of rotatable bonds is 7. The van der Waals surface area contributed by atoms with E-state index >= 15 is 0 Å². The molecule has 2 aliphatic carbocycles. The van der Waals surface area contributed by atoms with E-state index in [1.54, 1.807) is 6.08 Å². The van der Waals surface area contributed by atoms with Crippen LogP contribution in [0.4, 0.5) is 18.0 Å². The molecule has 4 amide bonds. The van der Waals surface area contributed by atoms with Crippen LogP contribution in [0.2, 0.25) is 0 Å². The number of nitrogens with zero attached hydrogens (tertiary/aromatic N) is 2. The molecule has 15 nitrogen and oxygen atoms in total. The smallest absolute Gasteiger partial charge is 0.437 e. The second-order valence-electron chi connectivity index (χ2n) is 17.9. The third kappa shape index (κ3) is 8.22. The van der Waals surface area contributed by atoms with Crippen molar-refractivity contribution in [3.8, 4) is 11.5 Å². The second kappa shape index (κ2) is 15.4. The molecule has 6 atom stereocenters. The van der Waals surface area contributed by atoms with E-state index in [-0.39, 0.29) is 47.6 Å². The standard InChI is InChI=1S/C41H52F3N5O10S/c1-23(2)20-58-36(53)46-28-12-10-8-6-7-9-11-24-18-40(24,35(52)48-60(55,56)37(3)15-16-37)47-33(50)29-19-39(22-49(29)34(28)51)21-38(4,54)30-26-17-25(57-5)13-14-27(26)45-32(31(30)59-39)41(42,43)44/h9,11,13-14,17,23-24,28-29,54H,6-8,10,12,15-16,18-22H2,1-5H3,(H,46,53)(H,47,50)(H,48,52)/b11-9-/t24-,28+,29+,38-,39+,40-/m1/s1. The molecule has 19 heteroatoms. The van der Waals surface area contributed by atoms with Crippen molar-refractivity contribution in [2.24, 2.45) is 11.8 Å². The number of alkyl carbamates (subject to hydrolysis) is 1. The quantitative estimate of drug-likeness (QED) is 0.280. The van der Waals surface area contributed by atoms with Crippen LogP contribution in [0.15, 0.2) is 30.4 Å². The van der Waals surface area contributed by atoms with Crippen LogP contribution in [0.5, 0.6) is 11.5 Å². The number of aliphatic hydroxyl groups is 1. The van der Waals surface area contributed by atoms with Gasteiger partial charge in [0.1, 0.15) is 29.0 Å². The summed E-state index contributed by atoms with van der Waals surface area (Å²) in [4.78, 5) is 61.5. The number of sulfonamides is 1. The molecule has 3 fully saturated rings. The SMILES string of the molecule is COc1ccc2nc(C(F)(F)F)c3c(c2c1)[C@](C)(O)C[C@]1(C[C@H]2C(=O)N[C@]4(C(=O)NS(=O)(=O)C5(C)CC5)C[C@H]4/C=C\CCCCC[C@H](NC(=O)OCC(C)C)C(=O)N2C1)O3. The highest BCUT2D eigenvalue weighted by molar-refractivity contribution is 7.91. The Bertz CT molecular complexity index is 2230. The molecule has 1 aromatic heterocycles. The summed E-state index contributed by atoms with van der Waals surface area (Å²) in [6, 6.07) is 1.45. The highest BCUT2D eigenvalue weighted by Crippen LogP contribution is 2.55. The van der Waals surface area contributed by atoms with E-state index < -0.39 is 110 Å². The van der Waals surface area contributed by atoms with Crippen LogP contribution in [0.1, 0.15) is 103 Å². The summed E-state index contributed by atoms with van der Waals surface area (Å²) in [6.07, 6.45) is 0.0339. The van der Waals surface area contributed by atoms with Gasteiger partial charge in [-0.05, 0) is 76.5 Å². The maximum atomic E-state index is 14.9. The molecule has 4 heterocycles. The fraction of sp³-hybridized carbons (Fsp3) is 0.634. The van der Waals surface area contributed by atoms with E-state index in [0.29, 0.717) is 38.5 Å². The maximum Gasteiger partial charge on any atom is 0.437 e. The maximum absolute atomic E-state index is 14.9. The summed E-state index contributed by atoms with van der Waals surface area (Å²) in [5, 5.41) is 17.8. The second-order valence-corrected chi connectivity index (χ2v) is 20.1. The largest absolute Gasteiger partial charge is 0.497 e. The van der Waals surface area contributed by atoms with Gasteiger partial charge in [-0.1, -0.05) is 38.8 Å². The zero-order valence-electron chi connectivity index (χ0n) is 34.2. The van der Waals surface area contributed by atoms with Crippen LogP contribution in [-0.2, 0) is 40.9 Å². The van der Waals surface area contributed by atoms with Crippen LogP contribution in [0.25, 0.3) is 10.9 Å². The van der Waals surface area contributed by atoms with Gasteiger partial charge in [0.25, 0.3) is 5.91 Å². The molecule has 2 aromatic rings. The zero-order valence-corrected chi connectivity index (χ0v) is 35.1. The summed E-state index contributed by atoms with van der Waals surface area (Å²) in [5.74, 6) is -3.73. The summed E-state index contributed by atoms with van der Waals surface area (Å²) in [7, 11) is -2.75. The highest BCUT2D eigenvalue weighted by atomic mass is 32.2. The first-order valence-electron chi connectivity index (χ1n) is 20.3. The first kappa shape index (κ1) is 43.4. The van der Waals surface area contributed by atoms with Crippen LogP contribution < -0.4 is 24.8 Å². The minimum absolute atomic E-state index is 0.0229. The molecular weight excluding hydrogens is 812 g/mol. The van der Waals surface area contributed by atoms with Gasteiger partial charge < -0.3 is 34.9 Å². The van der Waals surface area contributed by atoms with Gasteiger partial charge in [-0.3, -0.25) is 19.1 Å². The number of nitrogens with one attached hydrogen (secondary N) is 3. The number of carbonyl (C=O) groups excluding carboxylic acids is 4. The molecule has 328 valence electrons. The molecule has 1 aromatic carbocycles. The van der Waals surface area contributed by atoms with E-state index in [1.165, 1.54) is 39.2 Å². The minimum Gasteiger partial charge on any atom is -0.497 e. The van der Waals surface area contributed by atoms with Gasteiger partial charge in [0.2, 0.25) is 21.8 Å². The molecule has 0 radical (unpaired) electrons. The molecule has 0 unspecified atom stereocenters.